The molecular formula is C27H30N4O6. The lowest BCUT2D eigenvalue weighted by Gasteiger charge is -2.33. The Morgan fingerprint density at radius 2 is 1.86 bits per heavy atom. The van der Waals surface area contributed by atoms with Gasteiger partial charge in [0.15, 0.2) is 11.5 Å². The highest BCUT2D eigenvalue weighted by molar-refractivity contribution is 5.93. The second-order valence-corrected chi connectivity index (χ2v) is 8.54. The number of nitrogens with zero attached hydrogens (tertiary/aromatic N) is 3. The van der Waals surface area contributed by atoms with E-state index < -0.39 is 5.97 Å². The number of methoxy groups -OCH3 is 1. The summed E-state index contributed by atoms with van der Waals surface area (Å²) in [5.41, 5.74) is 0.995. The summed E-state index contributed by atoms with van der Waals surface area (Å²) in [6, 6.07) is 12.2. The van der Waals surface area contributed by atoms with Crippen molar-refractivity contribution in [1.29, 1.82) is 0 Å². The molecule has 1 aliphatic heterocycles. The number of nitrogens with one attached hydrogen (secondary N) is 1. The van der Waals surface area contributed by atoms with Crippen LogP contribution in [0.1, 0.15) is 46.0 Å². The maximum absolute atomic E-state index is 12.6. The Labute approximate surface area is 215 Å². The number of para-hydroxylation sites is 2. The van der Waals surface area contributed by atoms with Crippen molar-refractivity contribution in [3.05, 3.63) is 71.5 Å². The maximum atomic E-state index is 12.6. The summed E-state index contributed by atoms with van der Waals surface area (Å²) in [4.78, 5) is 34.8. The third-order valence-electron chi connectivity index (χ3n) is 5.91. The van der Waals surface area contributed by atoms with E-state index in [2.05, 4.69) is 15.3 Å². The first-order valence-corrected chi connectivity index (χ1v) is 12.1. The van der Waals surface area contributed by atoms with Gasteiger partial charge in [-0.25, -0.2) is 14.8 Å². The van der Waals surface area contributed by atoms with Gasteiger partial charge in [0.25, 0.3) is 5.91 Å². The van der Waals surface area contributed by atoms with Gasteiger partial charge < -0.3 is 29.5 Å². The SMILES string of the molecule is CCOc1ccccc1OC1CCCN(c2ncc(C(=O)NCc3cc(OC)cc(C(=O)O)c3)cn2)C1. The molecule has 1 fully saturated rings. The largest absolute Gasteiger partial charge is 0.497 e. The molecule has 1 amide bonds. The summed E-state index contributed by atoms with van der Waals surface area (Å²) in [6.45, 7) is 4.04. The molecule has 0 bridgehead atoms. The number of carboxylic acid groups (broad SMARTS) is 1. The molecule has 1 atom stereocenters. The van der Waals surface area contributed by atoms with E-state index in [1.54, 1.807) is 6.07 Å². The fraction of sp³-hybridized carbons (Fsp3) is 0.333. The molecule has 2 N–H and O–H groups in total. The first kappa shape index (κ1) is 25.7. The fourth-order valence-corrected chi connectivity index (χ4v) is 4.11. The number of anilines is 1. The van der Waals surface area contributed by atoms with E-state index in [1.807, 2.05) is 36.1 Å². The van der Waals surface area contributed by atoms with Crippen LogP contribution >= 0.6 is 0 Å². The van der Waals surface area contributed by atoms with Crippen LogP contribution in [0.15, 0.2) is 54.9 Å². The number of hydrogen-bond acceptors (Lipinski definition) is 8. The predicted molar refractivity (Wildman–Crippen MR) is 137 cm³/mol. The molecule has 1 unspecified atom stereocenters. The molecular weight excluding hydrogens is 476 g/mol. The van der Waals surface area contributed by atoms with Gasteiger partial charge in [-0.05, 0) is 55.7 Å². The number of aromatic carboxylic acids is 1. The van der Waals surface area contributed by atoms with E-state index >= 15 is 0 Å². The minimum Gasteiger partial charge on any atom is -0.497 e. The van der Waals surface area contributed by atoms with E-state index in [0.29, 0.717) is 36.0 Å². The smallest absolute Gasteiger partial charge is 0.335 e. The molecule has 0 aliphatic carbocycles. The normalized spacial score (nSPS) is 15.1. The fourth-order valence-electron chi connectivity index (χ4n) is 4.11. The zero-order valence-electron chi connectivity index (χ0n) is 20.8. The molecule has 0 saturated carbocycles. The van der Waals surface area contributed by atoms with Gasteiger partial charge in [0, 0.05) is 25.5 Å². The Hall–Kier alpha value is -4.34. The lowest BCUT2D eigenvalue weighted by atomic mass is 10.1. The first-order chi connectivity index (χ1) is 18.0. The minimum absolute atomic E-state index is 0.0412. The van der Waals surface area contributed by atoms with Crippen LogP contribution < -0.4 is 24.4 Å². The summed E-state index contributed by atoms with van der Waals surface area (Å²) in [7, 11) is 1.46. The van der Waals surface area contributed by atoms with Gasteiger partial charge in [0.1, 0.15) is 11.9 Å². The van der Waals surface area contributed by atoms with Crippen LogP contribution in [-0.2, 0) is 6.54 Å². The number of carboxylic acids is 1. The van der Waals surface area contributed by atoms with Crippen LogP contribution in [0, 0.1) is 0 Å². The van der Waals surface area contributed by atoms with Crippen molar-refractivity contribution in [2.75, 3.05) is 31.7 Å². The molecule has 37 heavy (non-hydrogen) atoms. The van der Waals surface area contributed by atoms with Crippen molar-refractivity contribution in [1.82, 2.24) is 15.3 Å². The number of piperidine rings is 1. The number of benzene rings is 2. The maximum Gasteiger partial charge on any atom is 0.335 e. The van der Waals surface area contributed by atoms with Crippen molar-refractivity contribution in [2.24, 2.45) is 0 Å². The molecule has 194 valence electrons. The minimum atomic E-state index is -1.07. The lowest BCUT2D eigenvalue weighted by molar-refractivity contribution is 0.0696. The van der Waals surface area contributed by atoms with Gasteiger partial charge in [-0.2, -0.15) is 0 Å². The monoisotopic (exact) mass is 506 g/mol. The summed E-state index contributed by atoms with van der Waals surface area (Å²) in [6.07, 6.45) is 4.76. The Morgan fingerprint density at radius 3 is 2.57 bits per heavy atom. The number of amides is 1. The standard InChI is InChI=1S/C27H30N4O6/c1-3-36-23-8-4-5-9-24(23)37-21-7-6-10-31(17-21)27-29-15-20(16-30-27)25(32)28-14-18-11-19(26(33)34)13-22(12-18)35-2/h4-5,8-9,11-13,15-16,21H,3,6-7,10,14,17H2,1-2H3,(H,28,32)(H,33,34). The van der Waals surface area contributed by atoms with E-state index in [-0.39, 0.29) is 24.1 Å². The Bertz CT molecular complexity index is 1230. The summed E-state index contributed by atoms with van der Waals surface area (Å²) >= 11 is 0. The number of aromatic nitrogens is 2. The molecule has 2 aromatic carbocycles. The van der Waals surface area contributed by atoms with Crippen molar-refractivity contribution < 1.29 is 28.9 Å². The highest BCUT2D eigenvalue weighted by Gasteiger charge is 2.24. The molecule has 1 saturated heterocycles. The number of carbonyl (C=O) groups excluding carboxylic acids is 1. The van der Waals surface area contributed by atoms with Crippen molar-refractivity contribution in [2.45, 2.75) is 32.4 Å². The zero-order valence-corrected chi connectivity index (χ0v) is 20.8. The second-order valence-electron chi connectivity index (χ2n) is 8.54. The van der Waals surface area contributed by atoms with Crippen LogP contribution in [0.5, 0.6) is 17.2 Å². The number of rotatable bonds is 10. The van der Waals surface area contributed by atoms with Gasteiger partial charge >= 0.3 is 5.97 Å². The van der Waals surface area contributed by atoms with E-state index in [0.717, 1.165) is 30.9 Å². The molecule has 1 aromatic heterocycles. The molecule has 10 heteroatoms. The molecule has 4 rings (SSSR count). The third-order valence-corrected chi connectivity index (χ3v) is 5.91. The Morgan fingerprint density at radius 1 is 1.11 bits per heavy atom. The molecule has 0 radical (unpaired) electrons. The van der Waals surface area contributed by atoms with Crippen LogP contribution in [0.2, 0.25) is 0 Å². The van der Waals surface area contributed by atoms with E-state index in [1.165, 1.54) is 31.6 Å². The zero-order chi connectivity index (χ0) is 26.2. The summed E-state index contributed by atoms with van der Waals surface area (Å²) in [5, 5.41) is 12.0. The van der Waals surface area contributed by atoms with Gasteiger partial charge in [-0.1, -0.05) is 12.1 Å². The van der Waals surface area contributed by atoms with E-state index in [4.69, 9.17) is 14.2 Å². The Balaban J connectivity index is 1.36. The van der Waals surface area contributed by atoms with Crippen molar-refractivity contribution in [3.8, 4) is 17.2 Å². The van der Waals surface area contributed by atoms with Gasteiger partial charge in [-0.15, -0.1) is 0 Å². The molecule has 0 spiro atoms. The average molecular weight is 507 g/mol. The average Bonchev–Trinajstić information content (AvgIpc) is 2.93. The molecule has 1 aliphatic rings. The predicted octanol–water partition coefficient (Wildman–Crippen LogP) is 3.56. The van der Waals surface area contributed by atoms with Crippen LogP contribution in [0.3, 0.4) is 0 Å². The lowest BCUT2D eigenvalue weighted by Crippen LogP contribution is -2.42. The second kappa shape index (κ2) is 12.1. The first-order valence-electron chi connectivity index (χ1n) is 12.1. The van der Waals surface area contributed by atoms with Gasteiger partial charge in [0.05, 0.1) is 31.4 Å². The third kappa shape index (κ3) is 6.66. The molecule has 3 aromatic rings. The van der Waals surface area contributed by atoms with Crippen molar-refractivity contribution in [3.63, 3.8) is 0 Å². The van der Waals surface area contributed by atoms with Crippen molar-refractivity contribution >= 4 is 17.8 Å². The van der Waals surface area contributed by atoms with Crippen LogP contribution in [0.25, 0.3) is 0 Å². The number of ether oxygens (including phenoxy) is 3. The number of carbonyl (C=O) groups is 2. The van der Waals surface area contributed by atoms with Gasteiger partial charge in [0.2, 0.25) is 5.95 Å². The highest BCUT2D eigenvalue weighted by Crippen LogP contribution is 2.29. The summed E-state index contributed by atoms with van der Waals surface area (Å²) in [5.74, 6) is 0.944. The quantitative estimate of drug-likeness (QED) is 0.425. The summed E-state index contributed by atoms with van der Waals surface area (Å²) < 4.78 is 17.1. The van der Waals surface area contributed by atoms with Crippen LogP contribution in [0.4, 0.5) is 5.95 Å². The topological polar surface area (TPSA) is 123 Å². The van der Waals surface area contributed by atoms with Crippen LogP contribution in [-0.4, -0.2) is 59.9 Å². The molecule has 10 nitrogen and oxygen atoms in total. The van der Waals surface area contributed by atoms with E-state index in [9.17, 15) is 14.7 Å². The van der Waals surface area contributed by atoms with Gasteiger partial charge in [-0.3, -0.25) is 4.79 Å². The Kier molecular flexibility index (Phi) is 8.40. The highest BCUT2D eigenvalue weighted by atomic mass is 16.5. The number of hydrogen-bond donors (Lipinski definition) is 2. The molecule has 2 heterocycles.